The Kier molecular flexibility index (Phi) is 6.39. The molecule has 0 spiro atoms. The van der Waals surface area contributed by atoms with Crippen LogP contribution in [0.4, 0.5) is 0 Å². The maximum Gasteiger partial charge on any atom is 0.335 e. The van der Waals surface area contributed by atoms with Gasteiger partial charge in [-0.1, -0.05) is 26.0 Å². The Hall–Kier alpha value is -1.39. The van der Waals surface area contributed by atoms with E-state index in [1.807, 2.05) is 6.07 Å². The first-order chi connectivity index (χ1) is 8.59. The largest absolute Gasteiger partial charge is 0.478 e. The topological polar surface area (TPSA) is 58.6 Å². The Morgan fingerprint density at radius 3 is 2.89 bits per heavy atom. The molecule has 0 saturated carbocycles. The van der Waals surface area contributed by atoms with E-state index in [9.17, 15) is 4.79 Å². The maximum atomic E-state index is 10.8. The Morgan fingerprint density at radius 2 is 2.22 bits per heavy atom. The summed E-state index contributed by atoms with van der Waals surface area (Å²) in [6, 6.07) is 6.95. The molecule has 4 heteroatoms. The molecule has 0 unspecified atom stereocenters. The number of benzene rings is 1. The van der Waals surface area contributed by atoms with Gasteiger partial charge in [0.2, 0.25) is 0 Å². The molecule has 0 saturated heterocycles. The van der Waals surface area contributed by atoms with Gasteiger partial charge in [0.25, 0.3) is 0 Å². The molecule has 0 aliphatic heterocycles. The molecule has 0 fully saturated rings. The second kappa shape index (κ2) is 7.84. The molecule has 0 aliphatic rings. The lowest BCUT2D eigenvalue weighted by Crippen LogP contribution is -2.20. The number of carboxylic acid groups (broad SMARTS) is 1. The molecule has 0 atom stereocenters. The van der Waals surface area contributed by atoms with E-state index in [2.05, 4.69) is 19.2 Å². The van der Waals surface area contributed by atoms with Gasteiger partial charge in [-0.25, -0.2) is 4.79 Å². The van der Waals surface area contributed by atoms with Gasteiger partial charge in [-0.3, -0.25) is 0 Å². The molecule has 0 heterocycles. The quantitative estimate of drug-likeness (QED) is 0.695. The van der Waals surface area contributed by atoms with Crippen molar-refractivity contribution in [3.05, 3.63) is 35.4 Å². The first-order valence-corrected chi connectivity index (χ1v) is 6.20. The predicted molar refractivity (Wildman–Crippen MR) is 70.8 cm³/mol. The molecule has 0 aliphatic carbocycles. The molecular weight excluding hydrogens is 230 g/mol. The van der Waals surface area contributed by atoms with Crippen LogP contribution in [0.2, 0.25) is 0 Å². The van der Waals surface area contributed by atoms with E-state index in [1.165, 1.54) is 0 Å². The summed E-state index contributed by atoms with van der Waals surface area (Å²) >= 11 is 0. The Morgan fingerprint density at radius 1 is 1.44 bits per heavy atom. The minimum Gasteiger partial charge on any atom is -0.478 e. The van der Waals surface area contributed by atoms with Gasteiger partial charge in [0.1, 0.15) is 0 Å². The van der Waals surface area contributed by atoms with Crippen molar-refractivity contribution in [3.8, 4) is 0 Å². The minimum atomic E-state index is -0.892. The first kappa shape index (κ1) is 14.7. The first-order valence-electron chi connectivity index (χ1n) is 6.20. The van der Waals surface area contributed by atoms with Crippen LogP contribution < -0.4 is 5.32 Å². The van der Waals surface area contributed by atoms with Crippen LogP contribution in [-0.2, 0) is 11.3 Å². The standard InChI is InChI=1S/C14H21NO3/c1-11(2)10-18-7-6-15-9-12-4-3-5-13(8-12)14(16)17/h3-5,8,11,15H,6-7,9-10H2,1-2H3,(H,16,17). The van der Waals surface area contributed by atoms with E-state index in [0.717, 1.165) is 18.7 Å². The zero-order valence-electron chi connectivity index (χ0n) is 11.0. The van der Waals surface area contributed by atoms with Gasteiger partial charge >= 0.3 is 5.97 Å². The third-order valence-corrected chi connectivity index (χ3v) is 2.38. The predicted octanol–water partition coefficient (Wildman–Crippen LogP) is 2.15. The number of ether oxygens (including phenoxy) is 1. The molecule has 2 N–H and O–H groups in total. The van der Waals surface area contributed by atoms with Gasteiger partial charge < -0.3 is 15.2 Å². The Labute approximate surface area is 108 Å². The summed E-state index contributed by atoms with van der Waals surface area (Å²) in [5.74, 6) is -0.339. The van der Waals surface area contributed by atoms with Crippen LogP contribution in [0.5, 0.6) is 0 Å². The molecule has 0 amide bonds. The van der Waals surface area contributed by atoms with Crippen molar-refractivity contribution >= 4 is 5.97 Å². The number of carbonyl (C=O) groups is 1. The summed E-state index contributed by atoms with van der Waals surface area (Å²) < 4.78 is 5.44. The molecule has 100 valence electrons. The summed E-state index contributed by atoms with van der Waals surface area (Å²) in [5.41, 5.74) is 1.30. The third kappa shape index (κ3) is 5.80. The van der Waals surface area contributed by atoms with Crippen molar-refractivity contribution in [1.29, 1.82) is 0 Å². The van der Waals surface area contributed by atoms with Gasteiger partial charge in [-0.2, -0.15) is 0 Å². The van der Waals surface area contributed by atoms with Gasteiger partial charge in [-0.05, 0) is 23.6 Å². The smallest absolute Gasteiger partial charge is 0.335 e. The normalized spacial score (nSPS) is 10.8. The summed E-state index contributed by atoms with van der Waals surface area (Å²) in [5, 5.41) is 12.1. The van der Waals surface area contributed by atoms with Crippen LogP contribution >= 0.6 is 0 Å². The summed E-state index contributed by atoms with van der Waals surface area (Å²) in [4.78, 5) is 10.8. The maximum absolute atomic E-state index is 10.8. The van der Waals surface area contributed by atoms with Crippen LogP contribution in [0.15, 0.2) is 24.3 Å². The SMILES string of the molecule is CC(C)COCCNCc1cccc(C(=O)O)c1. The fraction of sp³-hybridized carbons (Fsp3) is 0.500. The van der Waals surface area contributed by atoms with Crippen molar-refractivity contribution in [2.75, 3.05) is 19.8 Å². The third-order valence-electron chi connectivity index (χ3n) is 2.38. The number of hydrogen-bond donors (Lipinski definition) is 2. The minimum absolute atomic E-state index is 0.324. The average Bonchev–Trinajstić information content (AvgIpc) is 2.33. The van der Waals surface area contributed by atoms with Crippen LogP contribution in [0.3, 0.4) is 0 Å². The lowest BCUT2D eigenvalue weighted by Gasteiger charge is -2.08. The fourth-order valence-electron chi connectivity index (χ4n) is 1.51. The molecule has 0 radical (unpaired) electrons. The van der Waals surface area contributed by atoms with Crippen LogP contribution in [0, 0.1) is 5.92 Å². The highest BCUT2D eigenvalue weighted by molar-refractivity contribution is 5.87. The van der Waals surface area contributed by atoms with Gasteiger partial charge in [0.05, 0.1) is 12.2 Å². The summed E-state index contributed by atoms with van der Waals surface area (Å²) in [6.45, 7) is 7.11. The highest BCUT2D eigenvalue weighted by Crippen LogP contribution is 2.04. The van der Waals surface area contributed by atoms with Crippen molar-refractivity contribution in [2.24, 2.45) is 5.92 Å². The second-order valence-electron chi connectivity index (χ2n) is 4.65. The Bertz CT molecular complexity index is 377. The zero-order chi connectivity index (χ0) is 13.4. The number of carboxylic acids is 1. The lowest BCUT2D eigenvalue weighted by atomic mass is 10.1. The molecule has 1 aromatic rings. The second-order valence-corrected chi connectivity index (χ2v) is 4.65. The van der Waals surface area contributed by atoms with Gasteiger partial charge in [-0.15, -0.1) is 0 Å². The monoisotopic (exact) mass is 251 g/mol. The van der Waals surface area contributed by atoms with E-state index in [-0.39, 0.29) is 0 Å². The van der Waals surface area contributed by atoms with Crippen molar-refractivity contribution in [3.63, 3.8) is 0 Å². The number of hydrogen-bond acceptors (Lipinski definition) is 3. The number of aromatic carboxylic acids is 1. The number of nitrogens with one attached hydrogen (secondary N) is 1. The van der Waals surface area contributed by atoms with Gasteiger partial charge in [0, 0.05) is 19.7 Å². The van der Waals surface area contributed by atoms with E-state index < -0.39 is 5.97 Å². The molecule has 4 nitrogen and oxygen atoms in total. The molecular formula is C14H21NO3. The van der Waals surface area contributed by atoms with E-state index in [1.54, 1.807) is 18.2 Å². The molecule has 1 rings (SSSR count). The molecule has 18 heavy (non-hydrogen) atoms. The van der Waals surface area contributed by atoms with E-state index >= 15 is 0 Å². The number of rotatable bonds is 8. The van der Waals surface area contributed by atoms with Crippen LogP contribution in [-0.4, -0.2) is 30.8 Å². The van der Waals surface area contributed by atoms with Gasteiger partial charge in [0.15, 0.2) is 0 Å². The van der Waals surface area contributed by atoms with E-state index in [0.29, 0.717) is 24.6 Å². The lowest BCUT2D eigenvalue weighted by molar-refractivity contribution is 0.0696. The zero-order valence-corrected chi connectivity index (χ0v) is 11.0. The molecule has 0 aromatic heterocycles. The van der Waals surface area contributed by atoms with Crippen LogP contribution in [0.1, 0.15) is 29.8 Å². The molecule has 1 aromatic carbocycles. The van der Waals surface area contributed by atoms with Crippen molar-refractivity contribution < 1.29 is 14.6 Å². The van der Waals surface area contributed by atoms with E-state index in [4.69, 9.17) is 9.84 Å². The highest BCUT2D eigenvalue weighted by Gasteiger charge is 2.02. The summed E-state index contributed by atoms with van der Waals surface area (Å²) in [6.07, 6.45) is 0. The summed E-state index contributed by atoms with van der Waals surface area (Å²) in [7, 11) is 0. The fourth-order valence-corrected chi connectivity index (χ4v) is 1.51. The Balaban J connectivity index is 2.23. The molecule has 0 bridgehead atoms. The van der Waals surface area contributed by atoms with Crippen LogP contribution in [0.25, 0.3) is 0 Å². The van der Waals surface area contributed by atoms with Crippen molar-refractivity contribution in [2.45, 2.75) is 20.4 Å². The highest BCUT2D eigenvalue weighted by atomic mass is 16.5. The van der Waals surface area contributed by atoms with Crippen molar-refractivity contribution in [1.82, 2.24) is 5.32 Å². The average molecular weight is 251 g/mol.